The summed E-state index contributed by atoms with van der Waals surface area (Å²) in [6.45, 7) is 1.25. The van der Waals surface area contributed by atoms with E-state index in [4.69, 9.17) is 0 Å². The van der Waals surface area contributed by atoms with Crippen LogP contribution in [0.2, 0.25) is 0 Å². The number of fused-ring (bicyclic) bond motifs is 1. The first-order valence-corrected chi connectivity index (χ1v) is 5.01. The Labute approximate surface area is 87.1 Å². The zero-order valence-corrected chi connectivity index (χ0v) is 8.50. The molecule has 2 rings (SSSR count). The first kappa shape index (κ1) is 10.1. The molecule has 0 fully saturated rings. The molecular formula is C12H13F2N. The highest BCUT2D eigenvalue weighted by Crippen LogP contribution is 2.21. The lowest BCUT2D eigenvalue weighted by Gasteiger charge is -2.07. The Morgan fingerprint density at radius 3 is 2.73 bits per heavy atom. The minimum absolute atomic E-state index is 0.127. The third-order valence-electron chi connectivity index (χ3n) is 2.59. The molecule has 1 heterocycles. The molecule has 15 heavy (non-hydrogen) atoms. The number of para-hydroxylation sites is 1. The lowest BCUT2D eigenvalue weighted by molar-refractivity contribution is 0.182. The van der Waals surface area contributed by atoms with E-state index in [0.29, 0.717) is 0 Å². The van der Waals surface area contributed by atoms with E-state index in [9.17, 15) is 8.78 Å². The molecule has 0 radical (unpaired) electrons. The minimum atomic E-state index is -1.43. The van der Waals surface area contributed by atoms with Gasteiger partial charge in [0.25, 0.3) is 0 Å². The van der Waals surface area contributed by atoms with E-state index in [-0.39, 0.29) is 6.42 Å². The highest BCUT2D eigenvalue weighted by molar-refractivity contribution is 5.83. The summed E-state index contributed by atoms with van der Waals surface area (Å²) in [5, 5.41) is 0.973. The van der Waals surface area contributed by atoms with Gasteiger partial charge in [-0.1, -0.05) is 18.2 Å². The van der Waals surface area contributed by atoms with Crippen LogP contribution in [-0.4, -0.2) is 17.3 Å². The molecule has 0 aliphatic rings. The first-order valence-electron chi connectivity index (χ1n) is 5.01. The fraction of sp³-hybridized carbons (Fsp3) is 0.333. The molecule has 0 aliphatic carbocycles. The lowest BCUT2D eigenvalue weighted by atomic mass is 10.1. The molecule has 3 heteroatoms. The van der Waals surface area contributed by atoms with Crippen LogP contribution in [0.5, 0.6) is 0 Å². The molecule has 0 bridgehead atoms. The topological polar surface area (TPSA) is 15.8 Å². The molecule has 0 spiro atoms. The number of H-pyrrole nitrogens is 1. The molecule has 1 aromatic carbocycles. The number of nitrogens with one attached hydrogen (secondary N) is 1. The highest BCUT2D eigenvalue weighted by Gasteiger charge is 2.17. The molecule has 1 aromatic heterocycles. The average molecular weight is 209 g/mol. The molecule has 2 atom stereocenters. The molecule has 0 saturated heterocycles. The molecule has 0 saturated carbocycles. The number of benzene rings is 1. The summed E-state index contributed by atoms with van der Waals surface area (Å²) in [5.74, 6) is 0. The summed E-state index contributed by atoms with van der Waals surface area (Å²) in [6, 6.07) is 7.64. The van der Waals surface area contributed by atoms with Gasteiger partial charge in [-0.3, -0.25) is 0 Å². The van der Waals surface area contributed by atoms with E-state index in [1.807, 2.05) is 24.3 Å². The second-order valence-corrected chi connectivity index (χ2v) is 3.76. The van der Waals surface area contributed by atoms with E-state index in [1.165, 1.54) is 6.92 Å². The first-order chi connectivity index (χ1) is 7.18. The zero-order valence-electron chi connectivity index (χ0n) is 8.50. The fourth-order valence-corrected chi connectivity index (χ4v) is 1.67. The summed E-state index contributed by atoms with van der Waals surface area (Å²) < 4.78 is 25.9. The number of aromatic amines is 1. The van der Waals surface area contributed by atoms with Crippen LogP contribution in [0.15, 0.2) is 30.5 Å². The predicted molar refractivity (Wildman–Crippen MR) is 57.5 cm³/mol. The van der Waals surface area contributed by atoms with E-state index in [0.717, 1.165) is 16.5 Å². The van der Waals surface area contributed by atoms with Gasteiger partial charge in [0, 0.05) is 23.5 Å². The standard InChI is InChI=1S/C12H13F2N/c1-8(13)11(14)6-9-7-15-12-5-3-2-4-10(9)12/h2-5,7-8,11,15H,6H2,1H3/t8-,11-/m1/s1. The number of hydrogen-bond acceptors (Lipinski definition) is 0. The zero-order chi connectivity index (χ0) is 10.8. The molecule has 80 valence electrons. The SMILES string of the molecule is C[C@@H](F)[C@H](F)Cc1c[nH]c2ccccc12. The van der Waals surface area contributed by atoms with Crippen molar-refractivity contribution in [1.29, 1.82) is 0 Å². The Bertz CT molecular complexity index is 448. The van der Waals surface area contributed by atoms with Crippen molar-refractivity contribution in [3.8, 4) is 0 Å². The average Bonchev–Trinajstić information content (AvgIpc) is 2.62. The normalized spacial score (nSPS) is 15.4. The van der Waals surface area contributed by atoms with Crippen LogP contribution < -0.4 is 0 Å². The van der Waals surface area contributed by atoms with Crippen molar-refractivity contribution in [3.63, 3.8) is 0 Å². The van der Waals surface area contributed by atoms with Gasteiger partial charge in [0.15, 0.2) is 0 Å². The number of rotatable bonds is 3. The predicted octanol–water partition coefficient (Wildman–Crippen LogP) is 3.41. The molecule has 0 unspecified atom stereocenters. The minimum Gasteiger partial charge on any atom is -0.361 e. The smallest absolute Gasteiger partial charge is 0.135 e. The van der Waals surface area contributed by atoms with Crippen molar-refractivity contribution in [2.45, 2.75) is 25.7 Å². The molecule has 0 aliphatic heterocycles. The van der Waals surface area contributed by atoms with Crippen LogP contribution >= 0.6 is 0 Å². The quantitative estimate of drug-likeness (QED) is 0.797. The van der Waals surface area contributed by atoms with Crippen LogP contribution in [0, 0.1) is 0 Å². The van der Waals surface area contributed by atoms with E-state index in [1.54, 1.807) is 6.20 Å². The Kier molecular flexibility index (Phi) is 2.71. The monoisotopic (exact) mass is 209 g/mol. The summed E-state index contributed by atoms with van der Waals surface area (Å²) >= 11 is 0. The van der Waals surface area contributed by atoms with Gasteiger partial charge < -0.3 is 4.98 Å². The number of alkyl halides is 2. The summed E-state index contributed by atoms with van der Waals surface area (Å²) in [6.07, 6.45) is -0.968. The summed E-state index contributed by atoms with van der Waals surface area (Å²) in [7, 11) is 0. The van der Waals surface area contributed by atoms with Gasteiger partial charge in [-0.2, -0.15) is 0 Å². The van der Waals surface area contributed by atoms with Gasteiger partial charge in [0.2, 0.25) is 0 Å². The largest absolute Gasteiger partial charge is 0.361 e. The van der Waals surface area contributed by atoms with Crippen molar-refractivity contribution in [2.24, 2.45) is 0 Å². The number of hydrogen-bond donors (Lipinski definition) is 1. The van der Waals surface area contributed by atoms with Crippen LogP contribution in [0.25, 0.3) is 10.9 Å². The van der Waals surface area contributed by atoms with Gasteiger partial charge in [0.1, 0.15) is 12.3 Å². The lowest BCUT2D eigenvalue weighted by Crippen LogP contribution is -2.15. The fourth-order valence-electron chi connectivity index (χ4n) is 1.67. The molecule has 1 N–H and O–H groups in total. The van der Waals surface area contributed by atoms with Gasteiger partial charge in [-0.15, -0.1) is 0 Å². The van der Waals surface area contributed by atoms with Crippen molar-refractivity contribution in [3.05, 3.63) is 36.0 Å². The van der Waals surface area contributed by atoms with Gasteiger partial charge in [0.05, 0.1) is 0 Å². The van der Waals surface area contributed by atoms with E-state index >= 15 is 0 Å². The second-order valence-electron chi connectivity index (χ2n) is 3.76. The van der Waals surface area contributed by atoms with E-state index in [2.05, 4.69) is 4.98 Å². The maximum atomic E-state index is 13.2. The third-order valence-corrected chi connectivity index (χ3v) is 2.59. The Morgan fingerprint density at radius 2 is 2.00 bits per heavy atom. The Morgan fingerprint density at radius 1 is 1.27 bits per heavy atom. The Hall–Kier alpha value is -1.38. The second kappa shape index (κ2) is 4.01. The third kappa shape index (κ3) is 2.01. The maximum absolute atomic E-state index is 13.2. The van der Waals surface area contributed by atoms with Crippen molar-refractivity contribution in [2.75, 3.05) is 0 Å². The van der Waals surface area contributed by atoms with Crippen molar-refractivity contribution < 1.29 is 8.78 Å². The number of aromatic nitrogens is 1. The summed E-state index contributed by atoms with van der Waals surface area (Å²) in [5.41, 5.74) is 1.80. The summed E-state index contributed by atoms with van der Waals surface area (Å²) in [4.78, 5) is 3.04. The van der Waals surface area contributed by atoms with Gasteiger partial charge in [-0.25, -0.2) is 8.78 Å². The highest BCUT2D eigenvalue weighted by atomic mass is 19.2. The van der Waals surface area contributed by atoms with Gasteiger partial charge >= 0.3 is 0 Å². The molecule has 1 nitrogen and oxygen atoms in total. The van der Waals surface area contributed by atoms with Gasteiger partial charge in [-0.05, 0) is 18.6 Å². The van der Waals surface area contributed by atoms with Crippen LogP contribution in [0.3, 0.4) is 0 Å². The van der Waals surface area contributed by atoms with E-state index < -0.39 is 12.3 Å². The number of halogens is 2. The maximum Gasteiger partial charge on any atom is 0.135 e. The molecule has 2 aromatic rings. The van der Waals surface area contributed by atoms with Crippen LogP contribution in [0.1, 0.15) is 12.5 Å². The van der Waals surface area contributed by atoms with Crippen LogP contribution in [-0.2, 0) is 6.42 Å². The van der Waals surface area contributed by atoms with Crippen LogP contribution in [0.4, 0.5) is 8.78 Å². The molecule has 0 amide bonds. The van der Waals surface area contributed by atoms with Crippen molar-refractivity contribution in [1.82, 2.24) is 4.98 Å². The Balaban J connectivity index is 2.29. The molecular weight excluding hydrogens is 196 g/mol. The van der Waals surface area contributed by atoms with Crippen molar-refractivity contribution >= 4 is 10.9 Å².